The fourth-order valence-electron chi connectivity index (χ4n) is 2.04. The first kappa shape index (κ1) is 15.4. The first-order chi connectivity index (χ1) is 9.52. The number of carbonyl (C=O) groups is 1. The Labute approximate surface area is 125 Å². The van der Waals surface area contributed by atoms with Gasteiger partial charge in [-0.3, -0.25) is 9.69 Å². The summed E-state index contributed by atoms with van der Waals surface area (Å²) in [5.74, 6) is -1.57. The quantitative estimate of drug-likeness (QED) is 0.584. The van der Waals surface area contributed by atoms with Crippen molar-refractivity contribution in [2.75, 3.05) is 13.2 Å². The van der Waals surface area contributed by atoms with Gasteiger partial charge in [-0.1, -0.05) is 0 Å². The molecule has 0 aliphatic heterocycles. The average molecular weight is 348 g/mol. The molecule has 0 unspecified atom stereocenters. The molecule has 1 aromatic carbocycles. The van der Waals surface area contributed by atoms with Crippen LogP contribution in [0, 0.1) is 11.6 Å². The van der Waals surface area contributed by atoms with Crippen LogP contribution in [-0.4, -0.2) is 30.1 Å². The molecule has 110 valence electrons. The van der Waals surface area contributed by atoms with E-state index in [1.807, 2.05) is 0 Å². The minimum absolute atomic E-state index is 0.0180. The third-order valence-corrected chi connectivity index (χ3v) is 3.81. The number of hydrogen-bond donors (Lipinski definition) is 0. The van der Waals surface area contributed by atoms with Crippen molar-refractivity contribution < 1.29 is 18.3 Å². The molecule has 0 bridgehead atoms. The summed E-state index contributed by atoms with van der Waals surface area (Å²) in [6, 6.07) is 2.76. The van der Waals surface area contributed by atoms with Gasteiger partial charge in [0, 0.05) is 18.2 Å². The van der Waals surface area contributed by atoms with E-state index in [0.29, 0.717) is 6.61 Å². The maximum absolute atomic E-state index is 14.0. The molecule has 0 atom stereocenters. The summed E-state index contributed by atoms with van der Waals surface area (Å²) in [6.45, 7) is 2.16. The Kier molecular flexibility index (Phi) is 5.10. The van der Waals surface area contributed by atoms with Gasteiger partial charge in [0.2, 0.25) is 0 Å². The number of benzene rings is 1. The molecule has 2 rings (SSSR count). The van der Waals surface area contributed by atoms with Crippen LogP contribution in [0.3, 0.4) is 0 Å². The fraction of sp³-hybridized carbons (Fsp3) is 0.500. The number of hydrogen-bond acceptors (Lipinski definition) is 3. The number of rotatable bonds is 6. The highest BCUT2D eigenvalue weighted by Crippen LogP contribution is 2.30. The van der Waals surface area contributed by atoms with E-state index in [1.165, 1.54) is 12.1 Å². The lowest BCUT2D eigenvalue weighted by Gasteiger charge is -2.21. The Bertz CT molecular complexity index is 506. The Morgan fingerprint density at radius 1 is 1.45 bits per heavy atom. The number of ether oxygens (including phenoxy) is 1. The molecule has 1 aliphatic rings. The maximum Gasteiger partial charge on any atom is 0.320 e. The van der Waals surface area contributed by atoms with Crippen molar-refractivity contribution in [2.45, 2.75) is 32.4 Å². The smallest absolute Gasteiger partial charge is 0.320 e. The van der Waals surface area contributed by atoms with Crippen LogP contribution in [0.25, 0.3) is 0 Å². The predicted octanol–water partition coefficient (Wildman–Crippen LogP) is 3.25. The van der Waals surface area contributed by atoms with E-state index < -0.39 is 11.6 Å². The highest BCUT2D eigenvalue weighted by atomic mass is 79.9. The van der Waals surface area contributed by atoms with E-state index in [-0.39, 0.29) is 35.1 Å². The summed E-state index contributed by atoms with van der Waals surface area (Å²) in [5.41, 5.74) is -0.0180. The summed E-state index contributed by atoms with van der Waals surface area (Å²) in [6.07, 6.45) is 1.88. The number of halogens is 3. The molecule has 0 saturated heterocycles. The zero-order valence-electron chi connectivity index (χ0n) is 11.2. The molecule has 0 radical (unpaired) electrons. The maximum atomic E-state index is 14.0. The highest BCUT2D eigenvalue weighted by Gasteiger charge is 2.32. The Balaban J connectivity index is 2.12. The van der Waals surface area contributed by atoms with Crippen LogP contribution in [0.4, 0.5) is 8.78 Å². The topological polar surface area (TPSA) is 29.5 Å². The van der Waals surface area contributed by atoms with E-state index in [4.69, 9.17) is 4.74 Å². The summed E-state index contributed by atoms with van der Waals surface area (Å²) in [4.78, 5) is 13.3. The number of nitrogens with zero attached hydrogens (tertiary/aromatic N) is 1. The van der Waals surface area contributed by atoms with Crippen molar-refractivity contribution in [2.24, 2.45) is 0 Å². The molecule has 1 fully saturated rings. The van der Waals surface area contributed by atoms with E-state index >= 15 is 0 Å². The summed E-state index contributed by atoms with van der Waals surface area (Å²) in [5, 5.41) is 0. The van der Waals surface area contributed by atoms with E-state index in [2.05, 4.69) is 15.9 Å². The average Bonchev–Trinajstić information content (AvgIpc) is 3.22. The van der Waals surface area contributed by atoms with Gasteiger partial charge in [-0.2, -0.15) is 0 Å². The minimum atomic E-state index is -0.612. The summed E-state index contributed by atoms with van der Waals surface area (Å²) in [7, 11) is 0. The van der Waals surface area contributed by atoms with Crippen LogP contribution in [0.1, 0.15) is 25.3 Å². The van der Waals surface area contributed by atoms with E-state index in [1.54, 1.807) is 11.8 Å². The largest absolute Gasteiger partial charge is 0.465 e. The lowest BCUT2D eigenvalue weighted by Crippen LogP contribution is -2.33. The second-order valence-electron chi connectivity index (χ2n) is 4.76. The summed E-state index contributed by atoms with van der Waals surface area (Å²) < 4.78 is 32.8. The number of esters is 1. The van der Waals surface area contributed by atoms with Crippen molar-refractivity contribution in [1.82, 2.24) is 4.90 Å². The van der Waals surface area contributed by atoms with Crippen LogP contribution >= 0.6 is 15.9 Å². The highest BCUT2D eigenvalue weighted by molar-refractivity contribution is 9.10. The standard InChI is InChI=1S/C14H16BrF2NO2/c1-2-20-13(19)8-18(9-3-4-9)7-10-12(16)6-5-11(15)14(10)17/h5-6,9H,2-4,7-8H2,1H3. The molecular formula is C14H16BrF2NO2. The molecule has 0 heterocycles. The SMILES string of the molecule is CCOC(=O)CN(Cc1c(F)ccc(Br)c1F)C1CC1. The molecule has 0 amide bonds. The van der Waals surface area contributed by atoms with Crippen molar-refractivity contribution in [3.8, 4) is 0 Å². The molecule has 0 aromatic heterocycles. The van der Waals surface area contributed by atoms with Crippen molar-refractivity contribution >= 4 is 21.9 Å². The fourth-order valence-corrected chi connectivity index (χ4v) is 2.41. The predicted molar refractivity (Wildman–Crippen MR) is 74.1 cm³/mol. The van der Waals surface area contributed by atoms with Gasteiger partial charge in [0.1, 0.15) is 11.6 Å². The first-order valence-corrected chi connectivity index (χ1v) is 7.34. The Morgan fingerprint density at radius 2 is 2.15 bits per heavy atom. The van der Waals surface area contributed by atoms with Gasteiger partial charge in [-0.15, -0.1) is 0 Å². The van der Waals surface area contributed by atoms with E-state index in [0.717, 1.165) is 12.8 Å². The second kappa shape index (κ2) is 6.63. The zero-order chi connectivity index (χ0) is 14.7. The van der Waals surface area contributed by atoms with Crippen LogP contribution in [-0.2, 0) is 16.1 Å². The van der Waals surface area contributed by atoms with Gasteiger partial charge in [0.05, 0.1) is 17.6 Å². The van der Waals surface area contributed by atoms with Gasteiger partial charge < -0.3 is 4.74 Å². The van der Waals surface area contributed by atoms with Crippen molar-refractivity contribution in [3.63, 3.8) is 0 Å². The van der Waals surface area contributed by atoms with Gasteiger partial charge in [-0.25, -0.2) is 8.78 Å². The van der Waals surface area contributed by atoms with Gasteiger partial charge in [-0.05, 0) is 47.8 Å². The van der Waals surface area contributed by atoms with Crippen LogP contribution < -0.4 is 0 Å². The van der Waals surface area contributed by atoms with Crippen LogP contribution in [0.5, 0.6) is 0 Å². The third-order valence-electron chi connectivity index (χ3n) is 3.20. The Morgan fingerprint density at radius 3 is 2.75 bits per heavy atom. The van der Waals surface area contributed by atoms with Crippen LogP contribution in [0.2, 0.25) is 0 Å². The Hall–Kier alpha value is -1.01. The number of carbonyl (C=O) groups excluding carboxylic acids is 1. The van der Waals surface area contributed by atoms with Crippen molar-refractivity contribution in [3.05, 3.63) is 33.8 Å². The molecule has 0 N–H and O–H groups in total. The van der Waals surface area contributed by atoms with Crippen LogP contribution in [0.15, 0.2) is 16.6 Å². The molecule has 1 aromatic rings. The van der Waals surface area contributed by atoms with E-state index in [9.17, 15) is 13.6 Å². The third kappa shape index (κ3) is 3.76. The minimum Gasteiger partial charge on any atom is -0.465 e. The van der Waals surface area contributed by atoms with Gasteiger partial charge >= 0.3 is 5.97 Å². The zero-order valence-corrected chi connectivity index (χ0v) is 12.8. The lowest BCUT2D eigenvalue weighted by molar-refractivity contribution is -0.144. The molecular weight excluding hydrogens is 332 g/mol. The normalized spacial score (nSPS) is 14.7. The summed E-state index contributed by atoms with van der Waals surface area (Å²) >= 11 is 3.05. The first-order valence-electron chi connectivity index (χ1n) is 6.55. The van der Waals surface area contributed by atoms with Gasteiger partial charge in [0.25, 0.3) is 0 Å². The molecule has 1 saturated carbocycles. The monoisotopic (exact) mass is 347 g/mol. The molecule has 6 heteroatoms. The molecule has 20 heavy (non-hydrogen) atoms. The molecule has 3 nitrogen and oxygen atoms in total. The second-order valence-corrected chi connectivity index (χ2v) is 5.62. The molecule has 1 aliphatic carbocycles. The van der Waals surface area contributed by atoms with Gasteiger partial charge in [0.15, 0.2) is 0 Å². The van der Waals surface area contributed by atoms with Crippen molar-refractivity contribution in [1.29, 1.82) is 0 Å². The lowest BCUT2D eigenvalue weighted by atomic mass is 10.2. The molecule has 0 spiro atoms.